The van der Waals surface area contributed by atoms with E-state index in [2.05, 4.69) is 46.2 Å². The van der Waals surface area contributed by atoms with Crippen molar-refractivity contribution in [2.45, 2.75) is 6.61 Å². The van der Waals surface area contributed by atoms with Crippen LogP contribution in [0.15, 0.2) is 66.9 Å². The van der Waals surface area contributed by atoms with Gasteiger partial charge in [0.1, 0.15) is 6.61 Å². The molecule has 1 aliphatic rings. The van der Waals surface area contributed by atoms with Gasteiger partial charge in [-0.3, -0.25) is 0 Å². The first kappa shape index (κ1) is 19.8. The Bertz CT molecular complexity index is 1200. The molecular weight excluding hydrogens is 410 g/mol. The molecule has 0 radical (unpaired) electrons. The highest BCUT2D eigenvalue weighted by molar-refractivity contribution is 6.30. The van der Waals surface area contributed by atoms with Crippen molar-refractivity contribution >= 4 is 22.9 Å². The number of fused-ring (bicyclic) bond motifs is 1. The quantitative estimate of drug-likeness (QED) is 0.467. The molecule has 0 saturated carbocycles. The third-order valence-electron chi connectivity index (χ3n) is 5.58. The second kappa shape index (κ2) is 8.57. The van der Waals surface area contributed by atoms with E-state index in [9.17, 15) is 0 Å². The maximum absolute atomic E-state index is 6.08. The van der Waals surface area contributed by atoms with Gasteiger partial charge in [-0.2, -0.15) is 0 Å². The Kier molecular flexibility index (Phi) is 5.49. The van der Waals surface area contributed by atoms with E-state index < -0.39 is 0 Å². The number of hydrogen-bond acceptors (Lipinski definition) is 5. The van der Waals surface area contributed by atoms with Crippen molar-refractivity contribution in [3.05, 3.63) is 77.4 Å². The van der Waals surface area contributed by atoms with Gasteiger partial charge in [0.15, 0.2) is 17.2 Å². The van der Waals surface area contributed by atoms with Crippen molar-refractivity contribution < 1.29 is 4.74 Å². The summed E-state index contributed by atoms with van der Waals surface area (Å²) in [5.74, 6) is 1.38. The first-order valence-electron chi connectivity index (χ1n) is 10.4. The predicted octanol–water partition coefficient (Wildman–Crippen LogP) is 4.38. The van der Waals surface area contributed by atoms with Crippen LogP contribution in [0.4, 0.5) is 5.69 Å². The van der Waals surface area contributed by atoms with E-state index in [-0.39, 0.29) is 0 Å². The number of likely N-dealkylation sites (N-methyl/N-ethyl adjacent to an activating group) is 1. The first-order chi connectivity index (χ1) is 15.2. The summed E-state index contributed by atoms with van der Waals surface area (Å²) in [6, 6.07) is 20.0. The summed E-state index contributed by atoms with van der Waals surface area (Å²) in [6.45, 7) is 4.62. The molecule has 5 rings (SSSR count). The molecule has 158 valence electrons. The number of pyridine rings is 1. The van der Waals surface area contributed by atoms with Gasteiger partial charge < -0.3 is 14.5 Å². The van der Waals surface area contributed by atoms with Crippen LogP contribution in [0.5, 0.6) is 5.75 Å². The SMILES string of the molecule is CN1CCN(c2cccc(-c3nc4c(OCc5cccc(Cl)c5)cccn4n3)c2)CC1. The van der Waals surface area contributed by atoms with Crippen molar-refractivity contribution in [1.29, 1.82) is 0 Å². The lowest BCUT2D eigenvalue weighted by Crippen LogP contribution is -2.44. The maximum Gasteiger partial charge on any atom is 0.198 e. The molecule has 0 amide bonds. The fourth-order valence-electron chi connectivity index (χ4n) is 3.81. The molecule has 3 heterocycles. The van der Waals surface area contributed by atoms with Crippen molar-refractivity contribution in [2.24, 2.45) is 0 Å². The number of aromatic nitrogens is 3. The molecule has 2 aromatic heterocycles. The van der Waals surface area contributed by atoms with E-state index in [1.54, 1.807) is 4.52 Å². The summed E-state index contributed by atoms with van der Waals surface area (Å²) in [5.41, 5.74) is 3.92. The summed E-state index contributed by atoms with van der Waals surface area (Å²) >= 11 is 6.08. The maximum atomic E-state index is 6.08. The van der Waals surface area contributed by atoms with E-state index in [4.69, 9.17) is 21.3 Å². The molecule has 4 aromatic rings. The van der Waals surface area contributed by atoms with Crippen molar-refractivity contribution in [2.75, 3.05) is 38.1 Å². The van der Waals surface area contributed by atoms with Crippen molar-refractivity contribution in [3.8, 4) is 17.1 Å². The van der Waals surface area contributed by atoms with Crippen LogP contribution in [0.2, 0.25) is 5.02 Å². The van der Waals surface area contributed by atoms with Gasteiger partial charge in [-0.05, 0) is 49.0 Å². The molecule has 6 nitrogen and oxygen atoms in total. The highest BCUT2D eigenvalue weighted by Crippen LogP contribution is 2.26. The van der Waals surface area contributed by atoms with Crippen LogP contribution < -0.4 is 9.64 Å². The van der Waals surface area contributed by atoms with Crippen LogP contribution in [-0.4, -0.2) is 52.7 Å². The normalized spacial score (nSPS) is 14.8. The number of piperazine rings is 1. The highest BCUT2D eigenvalue weighted by atomic mass is 35.5. The largest absolute Gasteiger partial charge is 0.485 e. The molecular formula is C24H24ClN5O. The van der Waals surface area contributed by atoms with Gasteiger partial charge in [0.25, 0.3) is 0 Å². The van der Waals surface area contributed by atoms with Crippen LogP contribution in [0.25, 0.3) is 17.0 Å². The predicted molar refractivity (Wildman–Crippen MR) is 124 cm³/mol. The molecule has 1 saturated heterocycles. The summed E-state index contributed by atoms with van der Waals surface area (Å²) in [5, 5.41) is 5.39. The zero-order valence-corrected chi connectivity index (χ0v) is 18.2. The second-order valence-corrected chi connectivity index (χ2v) is 8.27. The topological polar surface area (TPSA) is 45.9 Å². The van der Waals surface area contributed by atoms with Gasteiger partial charge in [0.05, 0.1) is 0 Å². The molecule has 2 aromatic carbocycles. The van der Waals surface area contributed by atoms with Crippen LogP contribution in [0.1, 0.15) is 5.56 Å². The molecule has 0 bridgehead atoms. The van der Waals surface area contributed by atoms with Crippen LogP contribution in [0.3, 0.4) is 0 Å². The summed E-state index contributed by atoms with van der Waals surface area (Å²) in [4.78, 5) is 9.56. The van der Waals surface area contributed by atoms with Gasteiger partial charge in [-0.25, -0.2) is 9.50 Å². The zero-order valence-electron chi connectivity index (χ0n) is 17.4. The van der Waals surface area contributed by atoms with Gasteiger partial charge in [-0.15, -0.1) is 5.10 Å². The minimum absolute atomic E-state index is 0.418. The van der Waals surface area contributed by atoms with E-state index in [1.165, 1.54) is 5.69 Å². The van der Waals surface area contributed by atoms with E-state index in [0.29, 0.717) is 28.9 Å². The minimum atomic E-state index is 0.418. The monoisotopic (exact) mass is 433 g/mol. The lowest BCUT2D eigenvalue weighted by Gasteiger charge is -2.34. The zero-order chi connectivity index (χ0) is 21.2. The second-order valence-electron chi connectivity index (χ2n) is 7.84. The number of anilines is 1. The number of ether oxygens (including phenoxy) is 1. The first-order valence-corrected chi connectivity index (χ1v) is 10.8. The Morgan fingerprint density at radius 1 is 0.968 bits per heavy atom. The number of rotatable bonds is 5. The molecule has 1 aliphatic heterocycles. The Labute approximate surface area is 186 Å². The molecule has 1 fully saturated rings. The Balaban J connectivity index is 1.40. The molecule has 7 heteroatoms. The van der Waals surface area contributed by atoms with Crippen LogP contribution >= 0.6 is 11.6 Å². The summed E-state index contributed by atoms with van der Waals surface area (Å²) in [7, 11) is 2.17. The van der Waals surface area contributed by atoms with Crippen LogP contribution in [-0.2, 0) is 6.61 Å². The molecule has 0 unspecified atom stereocenters. The average molecular weight is 434 g/mol. The highest BCUT2D eigenvalue weighted by Gasteiger charge is 2.16. The molecule has 0 aliphatic carbocycles. The summed E-state index contributed by atoms with van der Waals surface area (Å²) in [6.07, 6.45) is 1.89. The number of hydrogen-bond donors (Lipinski definition) is 0. The van der Waals surface area contributed by atoms with Crippen molar-refractivity contribution in [3.63, 3.8) is 0 Å². The van der Waals surface area contributed by atoms with E-state index >= 15 is 0 Å². The third kappa shape index (κ3) is 4.36. The number of halogens is 1. The molecule has 0 N–H and O–H groups in total. The van der Waals surface area contributed by atoms with E-state index in [1.807, 2.05) is 42.6 Å². The molecule has 0 atom stereocenters. The van der Waals surface area contributed by atoms with Gasteiger partial charge in [0.2, 0.25) is 0 Å². The minimum Gasteiger partial charge on any atom is -0.485 e. The van der Waals surface area contributed by atoms with Crippen LogP contribution in [0, 0.1) is 0 Å². The van der Waals surface area contributed by atoms with Crippen molar-refractivity contribution in [1.82, 2.24) is 19.5 Å². The molecule has 31 heavy (non-hydrogen) atoms. The fraction of sp³-hybridized carbons (Fsp3) is 0.250. The Morgan fingerprint density at radius 3 is 2.65 bits per heavy atom. The Hall–Kier alpha value is -3.09. The van der Waals surface area contributed by atoms with Gasteiger partial charge in [0, 0.05) is 48.6 Å². The lowest BCUT2D eigenvalue weighted by molar-refractivity contribution is 0.308. The standard InChI is InChI=1S/C24H24ClN5O/c1-28-11-13-29(14-12-28)21-8-3-6-19(16-21)23-26-24-22(9-4-10-30(24)27-23)31-17-18-5-2-7-20(25)15-18/h2-10,15-16H,11-14,17H2,1H3. The fourth-order valence-corrected chi connectivity index (χ4v) is 4.02. The van der Waals surface area contributed by atoms with E-state index in [0.717, 1.165) is 37.3 Å². The Morgan fingerprint density at radius 2 is 1.81 bits per heavy atom. The third-order valence-corrected chi connectivity index (χ3v) is 5.82. The smallest absolute Gasteiger partial charge is 0.198 e. The van der Waals surface area contributed by atoms with Gasteiger partial charge in [-0.1, -0.05) is 35.9 Å². The summed E-state index contributed by atoms with van der Waals surface area (Å²) < 4.78 is 7.81. The van der Waals surface area contributed by atoms with Gasteiger partial charge >= 0.3 is 0 Å². The average Bonchev–Trinajstić information content (AvgIpc) is 3.23. The number of nitrogens with zero attached hydrogens (tertiary/aromatic N) is 5. The lowest BCUT2D eigenvalue weighted by atomic mass is 10.1. The number of benzene rings is 2. The molecule has 0 spiro atoms.